The van der Waals surface area contributed by atoms with Gasteiger partial charge in [-0.1, -0.05) is 0 Å². The third-order valence-corrected chi connectivity index (χ3v) is 6.21. The molecule has 0 aromatic rings. The van der Waals surface area contributed by atoms with Gasteiger partial charge in [0.15, 0.2) is 0 Å². The number of amides is 3. The largest absolute Gasteiger partial charge is 0.367 e. The lowest BCUT2D eigenvalue weighted by Gasteiger charge is -2.36. The first kappa shape index (κ1) is 14.2. The Bertz CT molecular complexity index is 557. The van der Waals surface area contributed by atoms with Crippen LogP contribution in [0.15, 0.2) is 0 Å². The van der Waals surface area contributed by atoms with Gasteiger partial charge in [-0.05, 0) is 33.1 Å². The molecule has 22 heavy (non-hydrogen) atoms. The first-order valence-corrected chi connectivity index (χ1v) is 8.08. The molecule has 0 N–H and O–H groups in total. The van der Waals surface area contributed by atoms with Gasteiger partial charge in [-0.2, -0.15) is 0 Å². The quantitative estimate of drug-likeness (QED) is 0.664. The number of carbonyl (C=O) groups excluding carboxylic acids is 3. The van der Waals surface area contributed by atoms with Crippen molar-refractivity contribution in [3.8, 4) is 0 Å². The molecule has 0 radical (unpaired) electrons. The number of carbonyl (C=O) groups is 3. The maximum absolute atomic E-state index is 12.9. The zero-order valence-electron chi connectivity index (χ0n) is 13.3. The van der Waals surface area contributed by atoms with Crippen molar-refractivity contribution in [2.45, 2.75) is 56.8 Å². The van der Waals surface area contributed by atoms with Crippen LogP contribution in [0, 0.1) is 11.8 Å². The zero-order valence-corrected chi connectivity index (χ0v) is 13.3. The maximum atomic E-state index is 12.9. The Morgan fingerprint density at radius 3 is 2.09 bits per heavy atom. The second-order valence-corrected chi connectivity index (χ2v) is 7.70. The van der Waals surface area contributed by atoms with Crippen LogP contribution in [-0.4, -0.2) is 58.4 Å². The summed E-state index contributed by atoms with van der Waals surface area (Å²) in [5.41, 5.74) is -1.01. The molecule has 0 aromatic carbocycles. The predicted molar refractivity (Wildman–Crippen MR) is 76.6 cm³/mol. The first-order chi connectivity index (χ1) is 10.3. The molecule has 4 aliphatic rings. The van der Waals surface area contributed by atoms with Gasteiger partial charge in [-0.3, -0.25) is 19.3 Å². The third kappa shape index (κ3) is 1.56. The maximum Gasteiger partial charge on any atom is 0.236 e. The Hall–Kier alpha value is -1.43. The van der Waals surface area contributed by atoms with Gasteiger partial charge in [0.1, 0.15) is 0 Å². The van der Waals surface area contributed by atoms with E-state index in [0.29, 0.717) is 19.4 Å². The molecule has 0 aliphatic carbocycles. The summed E-state index contributed by atoms with van der Waals surface area (Å²) in [4.78, 5) is 40.6. The van der Waals surface area contributed by atoms with E-state index >= 15 is 0 Å². The molecule has 4 saturated heterocycles. The van der Waals surface area contributed by atoms with Gasteiger partial charge >= 0.3 is 0 Å². The summed E-state index contributed by atoms with van der Waals surface area (Å²) in [5.74, 6) is -0.788. The van der Waals surface area contributed by atoms with Crippen molar-refractivity contribution in [3.05, 3.63) is 0 Å². The van der Waals surface area contributed by atoms with Crippen LogP contribution in [0.25, 0.3) is 0 Å². The molecule has 0 aromatic heterocycles. The van der Waals surface area contributed by atoms with E-state index in [4.69, 9.17) is 4.74 Å². The van der Waals surface area contributed by atoms with Crippen molar-refractivity contribution >= 4 is 17.7 Å². The topological polar surface area (TPSA) is 66.9 Å². The summed E-state index contributed by atoms with van der Waals surface area (Å²) in [6, 6.07) is -0.181. The van der Waals surface area contributed by atoms with Crippen LogP contribution < -0.4 is 0 Å². The van der Waals surface area contributed by atoms with Crippen molar-refractivity contribution < 1.29 is 19.1 Å². The molecular formula is C16H22N2O4. The summed E-state index contributed by atoms with van der Waals surface area (Å²) >= 11 is 0. The van der Waals surface area contributed by atoms with E-state index < -0.39 is 11.2 Å². The molecule has 0 saturated carbocycles. The number of imide groups is 1. The summed E-state index contributed by atoms with van der Waals surface area (Å²) in [7, 11) is 1.73. The highest BCUT2D eigenvalue weighted by Crippen LogP contribution is 2.60. The van der Waals surface area contributed by atoms with Crippen molar-refractivity contribution in [2.75, 3.05) is 13.6 Å². The number of nitrogens with zero attached hydrogens (tertiary/aromatic N) is 2. The van der Waals surface area contributed by atoms with Crippen LogP contribution in [0.3, 0.4) is 0 Å². The van der Waals surface area contributed by atoms with Gasteiger partial charge in [0.2, 0.25) is 17.7 Å². The van der Waals surface area contributed by atoms with Gasteiger partial charge in [0.05, 0.1) is 29.1 Å². The highest BCUT2D eigenvalue weighted by atomic mass is 16.5. The number of ether oxygens (including phenoxy) is 1. The third-order valence-electron chi connectivity index (χ3n) is 6.21. The number of hydrogen-bond acceptors (Lipinski definition) is 4. The molecule has 4 aliphatic heterocycles. The van der Waals surface area contributed by atoms with Crippen LogP contribution in [0.1, 0.15) is 39.5 Å². The minimum atomic E-state index is -0.503. The highest BCUT2D eigenvalue weighted by Gasteiger charge is 2.72. The Balaban J connectivity index is 1.66. The SMILES string of the molecule is CN1CC(N2C(=O)C3C(C2=O)C2(C)CCC3(C)O2)CCC1=O. The number of fused-ring (bicyclic) bond motifs is 5. The monoisotopic (exact) mass is 306 g/mol. The summed E-state index contributed by atoms with van der Waals surface area (Å²) < 4.78 is 6.10. The second kappa shape index (κ2) is 4.10. The lowest BCUT2D eigenvalue weighted by atomic mass is 9.69. The molecule has 2 bridgehead atoms. The molecule has 5 unspecified atom stereocenters. The van der Waals surface area contributed by atoms with E-state index in [0.717, 1.165) is 12.8 Å². The molecule has 4 fully saturated rings. The van der Waals surface area contributed by atoms with Gasteiger partial charge < -0.3 is 9.64 Å². The molecule has 4 rings (SSSR count). The fourth-order valence-electron chi connectivity index (χ4n) is 5.05. The van der Waals surface area contributed by atoms with E-state index in [1.54, 1.807) is 11.9 Å². The van der Waals surface area contributed by atoms with Crippen LogP contribution in [0.4, 0.5) is 0 Å². The normalized spacial score (nSPS) is 47.6. The summed E-state index contributed by atoms with van der Waals surface area (Å²) in [6.45, 7) is 4.38. The summed E-state index contributed by atoms with van der Waals surface area (Å²) in [5, 5.41) is 0. The summed E-state index contributed by atoms with van der Waals surface area (Å²) in [6.07, 6.45) is 2.65. The average molecular weight is 306 g/mol. The van der Waals surface area contributed by atoms with Gasteiger partial charge in [0.25, 0.3) is 0 Å². The fourth-order valence-corrected chi connectivity index (χ4v) is 5.05. The molecule has 5 atom stereocenters. The Morgan fingerprint density at radius 1 is 1.05 bits per heavy atom. The van der Waals surface area contributed by atoms with E-state index in [1.165, 1.54) is 4.90 Å². The van der Waals surface area contributed by atoms with E-state index in [9.17, 15) is 14.4 Å². The Kier molecular flexibility index (Phi) is 2.64. The van der Waals surface area contributed by atoms with E-state index in [1.807, 2.05) is 13.8 Å². The lowest BCUT2D eigenvalue weighted by Crippen LogP contribution is -2.52. The van der Waals surface area contributed by atoms with Gasteiger partial charge in [-0.15, -0.1) is 0 Å². The minimum Gasteiger partial charge on any atom is -0.367 e. The van der Waals surface area contributed by atoms with Crippen LogP contribution >= 0.6 is 0 Å². The van der Waals surface area contributed by atoms with Crippen molar-refractivity contribution in [1.29, 1.82) is 0 Å². The van der Waals surface area contributed by atoms with Crippen LogP contribution in [0.2, 0.25) is 0 Å². The molecule has 0 spiro atoms. The van der Waals surface area contributed by atoms with Crippen molar-refractivity contribution in [1.82, 2.24) is 9.80 Å². The number of likely N-dealkylation sites (tertiary alicyclic amines) is 2. The number of likely N-dealkylation sites (N-methyl/N-ethyl adjacent to an activating group) is 1. The zero-order chi connectivity index (χ0) is 15.9. The number of rotatable bonds is 1. The highest BCUT2D eigenvalue weighted by molar-refractivity contribution is 6.07. The number of piperidine rings is 1. The van der Waals surface area contributed by atoms with Gasteiger partial charge in [-0.25, -0.2) is 0 Å². The minimum absolute atomic E-state index is 0.0814. The average Bonchev–Trinajstić information content (AvgIpc) is 2.99. The molecule has 6 nitrogen and oxygen atoms in total. The fraction of sp³-hybridized carbons (Fsp3) is 0.812. The molecular weight excluding hydrogens is 284 g/mol. The molecule has 120 valence electrons. The smallest absolute Gasteiger partial charge is 0.236 e. The van der Waals surface area contributed by atoms with Crippen LogP contribution in [0.5, 0.6) is 0 Å². The predicted octanol–water partition coefficient (Wildman–Crippen LogP) is 0.550. The lowest BCUT2D eigenvalue weighted by molar-refractivity contribution is -0.153. The van der Waals surface area contributed by atoms with E-state index in [2.05, 4.69) is 0 Å². The molecule has 6 heteroatoms. The number of hydrogen-bond donors (Lipinski definition) is 0. The second-order valence-electron chi connectivity index (χ2n) is 7.70. The van der Waals surface area contributed by atoms with Crippen molar-refractivity contribution in [2.24, 2.45) is 11.8 Å². The molecule has 3 amide bonds. The van der Waals surface area contributed by atoms with E-state index in [-0.39, 0.29) is 35.6 Å². The molecule has 4 heterocycles. The Morgan fingerprint density at radius 2 is 1.59 bits per heavy atom. The first-order valence-electron chi connectivity index (χ1n) is 8.08. The van der Waals surface area contributed by atoms with Gasteiger partial charge in [0, 0.05) is 20.0 Å². The standard InChI is InChI=1S/C16H22N2O4/c1-15-6-7-16(2,22-15)12-11(15)13(20)18(14(12)21)9-4-5-10(19)17(3)8-9/h9,11-12H,4-8H2,1-3H3. The van der Waals surface area contributed by atoms with Crippen molar-refractivity contribution in [3.63, 3.8) is 0 Å². The van der Waals surface area contributed by atoms with Crippen LogP contribution in [-0.2, 0) is 19.1 Å². The Labute approximate surface area is 129 Å².